The lowest BCUT2D eigenvalue weighted by atomic mass is 10.00. The van der Waals surface area contributed by atoms with E-state index in [1.54, 1.807) is 24.3 Å². The summed E-state index contributed by atoms with van der Waals surface area (Å²) in [6.45, 7) is 7.80. The molecular weight excluding hydrogens is 500 g/mol. The lowest BCUT2D eigenvalue weighted by Crippen LogP contribution is -2.34. The van der Waals surface area contributed by atoms with Gasteiger partial charge in [0.15, 0.2) is 0 Å². The van der Waals surface area contributed by atoms with E-state index in [0.29, 0.717) is 35.1 Å². The predicted molar refractivity (Wildman–Crippen MR) is 152 cm³/mol. The zero-order valence-electron chi connectivity index (χ0n) is 21.7. The Labute approximate surface area is 228 Å². The van der Waals surface area contributed by atoms with Crippen LogP contribution in [-0.4, -0.2) is 36.7 Å². The molecule has 0 unspecified atom stereocenters. The van der Waals surface area contributed by atoms with Gasteiger partial charge in [-0.2, -0.15) is 0 Å². The number of rotatable bonds is 8. The zero-order chi connectivity index (χ0) is 27.2. The van der Waals surface area contributed by atoms with Crippen LogP contribution in [0.25, 0.3) is 5.57 Å². The number of halogens is 1. The first-order chi connectivity index (χ1) is 18.2. The van der Waals surface area contributed by atoms with Gasteiger partial charge in [0.1, 0.15) is 12.4 Å². The van der Waals surface area contributed by atoms with Gasteiger partial charge in [0.25, 0.3) is 5.91 Å². The second-order valence-corrected chi connectivity index (χ2v) is 9.85. The lowest BCUT2D eigenvalue weighted by molar-refractivity contribution is 0.0696. The van der Waals surface area contributed by atoms with Crippen LogP contribution in [0.5, 0.6) is 5.75 Å². The molecule has 3 aromatic carbocycles. The number of aromatic carboxylic acids is 1. The van der Waals surface area contributed by atoms with Crippen LogP contribution < -0.4 is 15.0 Å². The molecule has 0 aliphatic carbocycles. The van der Waals surface area contributed by atoms with Crippen molar-refractivity contribution < 1.29 is 19.4 Å². The van der Waals surface area contributed by atoms with Crippen molar-refractivity contribution in [2.75, 3.05) is 24.6 Å². The standard InChI is InChI=1S/C31H31ClN2O4/c1-20(11-12-21(2)26-9-4-5-10-27(26)31(36)37)19-34-15-16-38-29-18-24(13-14-28(29)34)30(35)33-22(3)23-7-6-8-25(32)17-23/h4-14,17-18,22H,15-16,19H2,1-3H3,(H,33,35)(H,36,37)/b20-11+,21-12+/t22-/m0/s1. The van der Waals surface area contributed by atoms with Crippen LogP contribution >= 0.6 is 11.6 Å². The highest BCUT2D eigenvalue weighted by Gasteiger charge is 2.21. The quantitative estimate of drug-likeness (QED) is 0.314. The molecule has 0 saturated heterocycles. The molecule has 0 bridgehead atoms. The molecule has 1 amide bonds. The highest BCUT2D eigenvalue weighted by atomic mass is 35.5. The summed E-state index contributed by atoms with van der Waals surface area (Å²) in [5.41, 5.74) is 5.38. The number of carbonyl (C=O) groups excluding carboxylic acids is 1. The minimum atomic E-state index is -0.939. The Morgan fingerprint density at radius 1 is 1.05 bits per heavy atom. The van der Waals surface area contributed by atoms with Crippen molar-refractivity contribution in [2.45, 2.75) is 26.8 Å². The third kappa shape index (κ3) is 6.45. The third-order valence-electron chi connectivity index (χ3n) is 6.52. The second kappa shape index (κ2) is 12.0. The Morgan fingerprint density at radius 3 is 2.55 bits per heavy atom. The van der Waals surface area contributed by atoms with Crippen molar-refractivity contribution in [1.29, 1.82) is 0 Å². The van der Waals surface area contributed by atoms with E-state index in [4.69, 9.17) is 16.3 Å². The van der Waals surface area contributed by atoms with Gasteiger partial charge in [-0.3, -0.25) is 4.79 Å². The number of amides is 1. The number of anilines is 1. The van der Waals surface area contributed by atoms with E-state index < -0.39 is 5.97 Å². The largest absolute Gasteiger partial charge is 0.490 e. The molecule has 2 N–H and O–H groups in total. The van der Waals surface area contributed by atoms with Crippen LogP contribution in [0.2, 0.25) is 5.02 Å². The second-order valence-electron chi connectivity index (χ2n) is 9.42. The van der Waals surface area contributed by atoms with Crippen molar-refractivity contribution in [3.05, 3.63) is 112 Å². The SMILES string of the molecule is C/C(=C\C=C(/C)c1ccccc1C(=O)O)CN1CCOc2cc(C(=O)N[C@@H](C)c3cccc(Cl)c3)ccc21. The molecule has 0 saturated carbocycles. The monoisotopic (exact) mass is 530 g/mol. The number of allylic oxidation sites excluding steroid dienone is 3. The number of benzene rings is 3. The molecule has 7 heteroatoms. The van der Waals surface area contributed by atoms with Crippen LogP contribution in [0.3, 0.4) is 0 Å². The summed E-state index contributed by atoms with van der Waals surface area (Å²) in [6, 6.07) is 19.8. The van der Waals surface area contributed by atoms with Gasteiger partial charge in [0.05, 0.1) is 23.8 Å². The molecule has 1 heterocycles. The number of fused-ring (bicyclic) bond motifs is 1. The normalized spacial score (nSPS) is 14.4. The number of ether oxygens (including phenoxy) is 1. The first-order valence-electron chi connectivity index (χ1n) is 12.5. The zero-order valence-corrected chi connectivity index (χ0v) is 22.5. The van der Waals surface area contributed by atoms with E-state index in [1.165, 1.54) is 0 Å². The summed E-state index contributed by atoms with van der Waals surface area (Å²) >= 11 is 6.09. The number of nitrogens with zero attached hydrogens (tertiary/aromatic N) is 1. The summed E-state index contributed by atoms with van der Waals surface area (Å²) in [4.78, 5) is 26.7. The number of hydrogen-bond acceptors (Lipinski definition) is 4. The van der Waals surface area contributed by atoms with Crippen molar-refractivity contribution in [1.82, 2.24) is 5.32 Å². The average molecular weight is 531 g/mol. The smallest absolute Gasteiger partial charge is 0.336 e. The lowest BCUT2D eigenvalue weighted by Gasteiger charge is -2.31. The van der Waals surface area contributed by atoms with E-state index in [-0.39, 0.29) is 17.5 Å². The predicted octanol–water partition coefficient (Wildman–Crippen LogP) is 6.78. The summed E-state index contributed by atoms with van der Waals surface area (Å²) in [5, 5.41) is 13.1. The molecule has 0 spiro atoms. The molecule has 196 valence electrons. The van der Waals surface area contributed by atoms with Crippen LogP contribution in [0, 0.1) is 0 Å². The van der Waals surface area contributed by atoms with Crippen molar-refractivity contribution in [3.8, 4) is 5.75 Å². The molecule has 0 fully saturated rings. The first-order valence-corrected chi connectivity index (χ1v) is 12.9. The van der Waals surface area contributed by atoms with Crippen molar-refractivity contribution in [2.24, 2.45) is 0 Å². The number of hydrogen-bond donors (Lipinski definition) is 2. The Morgan fingerprint density at radius 2 is 1.82 bits per heavy atom. The maximum Gasteiger partial charge on any atom is 0.336 e. The summed E-state index contributed by atoms with van der Waals surface area (Å²) in [5.74, 6) is -0.445. The van der Waals surface area contributed by atoms with E-state index in [2.05, 4.69) is 10.2 Å². The number of nitrogens with one attached hydrogen (secondary N) is 1. The number of carboxylic acid groups (broad SMARTS) is 1. The maximum atomic E-state index is 12.9. The fourth-order valence-corrected chi connectivity index (χ4v) is 4.64. The maximum absolute atomic E-state index is 12.9. The Balaban J connectivity index is 1.45. The summed E-state index contributed by atoms with van der Waals surface area (Å²) in [6.07, 6.45) is 3.97. The van der Waals surface area contributed by atoms with E-state index in [1.807, 2.05) is 75.4 Å². The molecule has 1 aliphatic rings. The molecule has 38 heavy (non-hydrogen) atoms. The van der Waals surface area contributed by atoms with Gasteiger partial charge in [0, 0.05) is 17.1 Å². The highest BCUT2D eigenvalue weighted by Crippen LogP contribution is 2.33. The minimum Gasteiger partial charge on any atom is -0.490 e. The molecule has 0 aromatic heterocycles. The van der Waals surface area contributed by atoms with Gasteiger partial charge in [-0.05, 0) is 73.9 Å². The third-order valence-corrected chi connectivity index (χ3v) is 6.75. The van der Waals surface area contributed by atoms with Crippen LogP contribution in [0.4, 0.5) is 5.69 Å². The van der Waals surface area contributed by atoms with Crippen molar-refractivity contribution in [3.63, 3.8) is 0 Å². The molecule has 3 aromatic rings. The highest BCUT2D eigenvalue weighted by molar-refractivity contribution is 6.30. The van der Waals surface area contributed by atoms with Crippen LogP contribution in [0.15, 0.2) is 84.5 Å². The van der Waals surface area contributed by atoms with E-state index in [9.17, 15) is 14.7 Å². The molecule has 6 nitrogen and oxygen atoms in total. The Bertz CT molecular complexity index is 1410. The van der Waals surface area contributed by atoms with Gasteiger partial charge < -0.3 is 20.1 Å². The van der Waals surface area contributed by atoms with E-state index in [0.717, 1.165) is 28.9 Å². The minimum absolute atomic E-state index is 0.181. The number of carboxylic acids is 1. The number of carbonyl (C=O) groups is 2. The van der Waals surface area contributed by atoms with Gasteiger partial charge in [-0.15, -0.1) is 0 Å². The van der Waals surface area contributed by atoms with Gasteiger partial charge in [0.2, 0.25) is 0 Å². The summed E-state index contributed by atoms with van der Waals surface area (Å²) in [7, 11) is 0. The molecule has 4 rings (SSSR count). The van der Waals surface area contributed by atoms with Crippen LogP contribution in [-0.2, 0) is 0 Å². The molecule has 0 radical (unpaired) electrons. The Hall–Kier alpha value is -4.03. The fraction of sp³-hybridized carbons (Fsp3) is 0.226. The van der Waals surface area contributed by atoms with Gasteiger partial charge >= 0.3 is 5.97 Å². The molecular formula is C31H31ClN2O4. The summed E-state index contributed by atoms with van der Waals surface area (Å²) < 4.78 is 5.90. The topological polar surface area (TPSA) is 78.9 Å². The molecule has 1 atom stereocenters. The Kier molecular flexibility index (Phi) is 8.54. The molecule has 1 aliphatic heterocycles. The fourth-order valence-electron chi connectivity index (χ4n) is 4.45. The van der Waals surface area contributed by atoms with Gasteiger partial charge in [-0.1, -0.05) is 59.7 Å². The average Bonchev–Trinajstić information content (AvgIpc) is 2.91. The van der Waals surface area contributed by atoms with Gasteiger partial charge in [-0.25, -0.2) is 4.79 Å². The van der Waals surface area contributed by atoms with Crippen molar-refractivity contribution >= 4 is 34.7 Å². The van der Waals surface area contributed by atoms with Crippen LogP contribution in [0.1, 0.15) is 58.7 Å². The first kappa shape index (κ1) is 27.0. The van der Waals surface area contributed by atoms with E-state index >= 15 is 0 Å².